The average Bonchev–Trinajstić information content (AvgIpc) is 2.62. The summed E-state index contributed by atoms with van der Waals surface area (Å²) in [6, 6.07) is -0.436. The number of nitrogens with zero attached hydrogens (tertiary/aromatic N) is 1. The van der Waals surface area contributed by atoms with Crippen LogP contribution in [-0.4, -0.2) is 52.0 Å². The van der Waals surface area contributed by atoms with Crippen LogP contribution in [0.15, 0.2) is 0 Å². The maximum absolute atomic E-state index is 11.9. The Morgan fingerprint density at radius 2 is 2.18 bits per heavy atom. The van der Waals surface area contributed by atoms with E-state index in [9.17, 15) is 14.4 Å². The first kappa shape index (κ1) is 12.2. The fourth-order valence-electron chi connectivity index (χ4n) is 1.95. The number of amides is 2. The van der Waals surface area contributed by atoms with Crippen molar-refractivity contribution in [1.29, 1.82) is 0 Å². The fraction of sp³-hybridized carbons (Fsp3) is 0.700. The zero-order valence-electron chi connectivity index (χ0n) is 9.38. The van der Waals surface area contributed by atoms with Gasteiger partial charge in [0.25, 0.3) is 5.24 Å². The van der Waals surface area contributed by atoms with Gasteiger partial charge in [0.15, 0.2) is 0 Å². The predicted octanol–water partition coefficient (Wildman–Crippen LogP) is -0.00950. The monoisotopic (exact) mass is 258 g/mol. The van der Waals surface area contributed by atoms with Gasteiger partial charge in [0.05, 0.1) is 5.92 Å². The van der Waals surface area contributed by atoms with E-state index in [0.717, 1.165) is 11.8 Å². The van der Waals surface area contributed by atoms with E-state index >= 15 is 0 Å². The molecule has 6 nitrogen and oxygen atoms in total. The van der Waals surface area contributed by atoms with Gasteiger partial charge < -0.3 is 15.3 Å². The van der Waals surface area contributed by atoms with Gasteiger partial charge in [0.2, 0.25) is 5.91 Å². The van der Waals surface area contributed by atoms with Gasteiger partial charge >= 0.3 is 5.97 Å². The molecule has 7 heteroatoms. The third-order valence-electron chi connectivity index (χ3n) is 3.29. The lowest BCUT2D eigenvalue weighted by molar-refractivity contribution is -0.151. The minimum Gasteiger partial charge on any atom is -0.481 e. The van der Waals surface area contributed by atoms with Gasteiger partial charge in [0.1, 0.15) is 6.04 Å². The van der Waals surface area contributed by atoms with Crippen LogP contribution in [0.1, 0.15) is 6.92 Å². The first-order chi connectivity index (χ1) is 7.99. The fourth-order valence-corrected chi connectivity index (χ4v) is 2.72. The summed E-state index contributed by atoms with van der Waals surface area (Å²) in [7, 11) is 0. The van der Waals surface area contributed by atoms with E-state index < -0.39 is 17.9 Å². The highest BCUT2D eigenvalue weighted by Crippen LogP contribution is 2.26. The molecule has 2 aliphatic rings. The minimum absolute atomic E-state index is 0.0289. The van der Waals surface area contributed by atoms with Crippen molar-refractivity contribution in [3.05, 3.63) is 0 Å². The number of carboxylic acid groups (broad SMARTS) is 1. The van der Waals surface area contributed by atoms with Gasteiger partial charge in [-0.2, -0.15) is 0 Å². The molecule has 2 amide bonds. The van der Waals surface area contributed by atoms with Crippen LogP contribution in [0.2, 0.25) is 0 Å². The normalized spacial score (nSPS) is 26.3. The van der Waals surface area contributed by atoms with Crippen LogP contribution in [0.4, 0.5) is 4.79 Å². The third kappa shape index (κ3) is 2.38. The summed E-state index contributed by atoms with van der Waals surface area (Å²) in [4.78, 5) is 35.2. The van der Waals surface area contributed by atoms with Crippen molar-refractivity contribution in [2.45, 2.75) is 13.0 Å². The standard InChI is InChI=1S/C10H14N2O4S/c1-5(9(14)15)6-2-12(3-6)8(13)7-4-17-10(16)11-7/h5-7H,2-4H2,1H3,(H,11,16)(H,14,15). The van der Waals surface area contributed by atoms with Gasteiger partial charge in [-0.05, 0) is 0 Å². The maximum Gasteiger partial charge on any atom is 0.306 e. The Labute approximate surface area is 103 Å². The third-order valence-corrected chi connectivity index (χ3v) is 4.17. The molecule has 17 heavy (non-hydrogen) atoms. The number of carbonyl (C=O) groups excluding carboxylic acids is 2. The number of rotatable bonds is 3. The van der Waals surface area contributed by atoms with Crippen LogP contribution in [0.3, 0.4) is 0 Å². The Kier molecular flexibility index (Phi) is 3.28. The molecule has 0 aromatic carbocycles. The number of carboxylic acids is 1. The lowest BCUT2D eigenvalue weighted by atomic mass is 9.86. The number of hydrogen-bond donors (Lipinski definition) is 2. The van der Waals surface area contributed by atoms with Gasteiger partial charge in [-0.3, -0.25) is 14.4 Å². The number of carbonyl (C=O) groups is 3. The smallest absolute Gasteiger partial charge is 0.306 e. The zero-order chi connectivity index (χ0) is 12.6. The number of thioether (sulfide) groups is 1. The summed E-state index contributed by atoms with van der Waals surface area (Å²) < 4.78 is 0. The van der Waals surface area contributed by atoms with Crippen LogP contribution in [0, 0.1) is 11.8 Å². The zero-order valence-corrected chi connectivity index (χ0v) is 10.2. The van der Waals surface area contributed by atoms with Gasteiger partial charge in [0, 0.05) is 24.8 Å². The van der Waals surface area contributed by atoms with Crippen molar-refractivity contribution < 1.29 is 19.5 Å². The molecule has 0 radical (unpaired) electrons. The van der Waals surface area contributed by atoms with Crippen molar-refractivity contribution in [2.75, 3.05) is 18.8 Å². The second-order valence-electron chi connectivity index (χ2n) is 4.43. The molecular weight excluding hydrogens is 244 g/mol. The van der Waals surface area contributed by atoms with E-state index in [2.05, 4.69) is 5.32 Å². The molecule has 0 aliphatic carbocycles. The van der Waals surface area contributed by atoms with Gasteiger partial charge in [-0.25, -0.2) is 0 Å². The largest absolute Gasteiger partial charge is 0.481 e. The highest BCUT2D eigenvalue weighted by atomic mass is 32.2. The molecule has 0 saturated carbocycles. The van der Waals surface area contributed by atoms with Crippen molar-refractivity contribution in [3.63, 3.8) is 0 Å². The molecule has 2 unspecified atom stereocenters. The molecule has 0 aromatic rings. The molecule has 2 rings (SSSR count). The molecule has 0 spiro atoms. The van der Waals surface area contributed by atoms with E-state index in [-0.39, 0.29) is 17.1 Å². The second-order valence-corrected chi connectivity index (χ2v) is 5.42. The van der Waals surface area contributed by atoms with Crippen LogP contribution in [0.25, 0.3) is 0 Å². The summed E-state index contributed by atoms with van der Waals surface area (Å²) in [6.07, 6.45) is 0. The number of hydrogen-bond acceptors (Lipinski definition) is 4. The Morgan fingerprint density at radius 1 is 1.53 bits per heavy atom. The van der Waals surface area contributed by atoms with Crippen molar-refractivity contribution >= 4 is 28.9 Å². The second kappa shape index (κ2) is 4.56. The van der Waals surface area contributed by atoms with Crippen LogP contribution in [-0.2, 0) is 9.59 Å². The van der Waals surface area contributed by atoms with Crippen LogP contribution >= 0.6 is 11.8 Å². The molecular formula is C10H14N2O4S. The van der Waals surface area contributed by atoms with Crippen molar-refractivity contribution in [1.82, 2.24) is 10.2 Å². The topological polar surface area (TPSA) is 86.7 Å². The summed E-state index contributed by atoms with van der Waals surface area (Å²) in [5, 5.41) is 11.2. The summed E-state index contributed by atoms with van der Waals surface area (Å²) in [6.45, 7) is 2.61. The Hall–Kier alpha value is -1.24. The number of nitrogens with one attached hydrogen (secondary N) is 1. The lowest BCUT2D eigenvalue weighted by Crippen LogP contribution is -2.58. The summed E-state index contributed by atoms with van der Waals surface area (Å²) in [5.74, 6) is -0.857. The van der Waals surface area contributed by atoms with E-state index in [0.29, 0.717) is 18.8 Å². The van der Waals surface area contributed by atoms with E-state index in [1.54, 1.807) is 11.8 Å². The minimum atomic E-state index is -0.827. The molecule has 0 bridgehead atoms. The van der Waals surface area contributed by atoms with E-state index in [4.69, 9.17) is 5.11 Å². The molecule has 0 aromatic heterocycles. The highest BCUT2D eigenvalue weighted by molar-refractivity contribution is 8.14. The predicted molar refractivity (Wildman–Crippen MR) is 61.6 cm³/mol. The lowest BCUT2D eigenvalue weighted by Gasteiger charge is -2.42. The van der Waals surface area contributed by atoms with Crippen molar-refractivity contribution in [2.24, 2.45) is 11.8 Å². The first-order valence-electron chi connectivity index (χ1n) is 5.44. The summed E-state index contributed by atoms with van der Waals surface area (Å²) >= 11 is 1.11. The molecule has 2 N–H and O–H groups in total. The maximum atomic E-state index is 11.9. The van der Waals surface area contributed by atoms with Crippen LogP contribution in [0.5, 0.6) is 0 Å². The molecule has 2 fully saturated rings. The van der Waals surface area contributed by atoms with Crippen molar-refractivity contribution in [3.8, 4) is 0 Å². The molecule has 2 aliphatic heterocycles. The Balaban J connectivity index is 1.81. The Morgan fingerprint density at radius 3 is 2.65 bits per heavy atom. The quantitative estimate of drug-likeness (QED) is 0.743. The van der Waals surface area contributed by atoms with Gasteiger partial charge in [-0.15, -0.1) is 0 Å². The first-order valence-corrected chi connectivity index (χ1v) is 6.42. The van der Waals surface area contributed by atoms with Gasteiger partial charge in [-0.1, -0.05) is 18.7 Å². The molecule has 94 valence electrons. The highest BCUT2D eigenvalue weighted by Gasteiger charge is 2.40. The Bertz CT molecular complexity index is 367. The molecule has 2 atom stereocenters. The number of likely N-dealkylation sites (tertiary alicyclic amines) is 1. The number of aliphatic carboxylic acids is 1. The molecule has 2 heterocycles. The average molecular weight is 258 g/mol. The SMILES string of the molecule is CC(C(=O)O)C1CN(C(=O)C2CSC(=O)N2)C1. The van der Waals surface area contributed by atoms with Crippen LogP contribution < -0.4 is 5.32 Å². The van der Waals surface area contributed by atoms with E-state index in [1.165, 1.54) is 0 Å². The van der Waals surface area contributed by atoms with E-state index in [1.807, 2.05) is 0 Å². The molecule has 2 saturated heterocycles. The summed E-state index contributed by atoms with van der Waals surface area (Å²) in [5.41, 5.74) is 0.